The van der Waals surface area contributed by atoms with Gasteiger partial charge in [-0.25, -0.2) is 9.97 Å². The van der Waals surface area contributed by atoms with E-state index in [2.05, 4.69) is 28.7 Å². The third-order valence-corrected chi connectivity index (χ3v) is 4.02. The predicted octanol–water partition coefficient (Wildman–Crippen LogP) is 4.10. The molecule has 6 heteroatoms. The highest BCUT2D eigenvalue weighted by Crippen LogP contribution is 2.28. The van der Waals surface area contributed by atoms with Crippen molar-refractivity contribution < 1.29 is 4.79 Å². The number of nitrogens with zero attached hydrogens (tertiary/aromatic N) is 3. The Morgan fingerprint density at radius 3 is 2.68 bits per heavy atom. The number of hydrogen-bond acceptors (Lipinski definition) is 4. The smallest absolute Gasteiger partial charge is 0.222 e. The Balaban J connectivity index is 2.41. The molecule has 116 valence electrons. The van der Waals surface area contributed by atoms with Crippen LogP contribution in [0.2, 0.25) is 10.3 Å². The summed E-state index contributed by atoms with van der Waals surface area (Å²) in [6.45, 7) is 4.92. The molecule has 0 unspecified atom stereocenters. The SMILES string of the molecule is CC(C)N(C)Cc1ccc(-c2nc(Cl)ncc2Cl)cc1C=O. The van der Waals surface area contributed by atoms with Gasteiger partial charge < -0.3 is 0 Å². The average Bonchev–Trinajstić information content (AvgIpc) is 2.50. The van der Waals surface area contributed by atoms with Crippen LogP contribution in [0.4, 0.5) is 0 Å². The highest BCUT2D eigenvalue weighted by atomic mass is 35.5. The lowest BCUT2D eigenvalue weighted by Crippen LogP contribution is -2.26. The van der Waals surface area contributed by atoms with Crippen LogP contribution in [0.5, 0.6) is 0 Å². The summed E-state index contributed by atoms with van der Waals surface area (Å²) in [7, 11) is 2.02. The van der Waals surface area contributed by atoms with Crippen molar-refractivity contribution in [3.8, 4) is 11.3 Å². The lowest BCUT2D eigenvalue weighted by molar-refractivity contribution is 0.112. The minimum atomic E-state index is 0.121. The molecule has 2 aromatic rings. The quantitative estimate of drug-likeness (QED) is 0.608. The zero-order valence-corrected chi connectivity index (χ0v) is 14.2. The fraction of sp³-hybridized carbons (Fsp3) is 0.312. The van der Waals surface area contributed by atoms with Gasteiger partial charge in [0, 0.05) is 23.7 Å². The number of benzene rings is 1. The van der Waals surface area contributed by atoms with Gasteiger partial charge in [0.25, 0.3) is 0 Å². The average molecular weight is 338 g/mol. The van der Waals surface area contributed by atoms with Crippen LogP contribution in [0.3, 0.4) is 0 Å². The van der Waals surface area contributed by atoms with Gasteiger partial charge in [-0.1, -0.05) is 23.7 Å². The van der Waals surface area contributed by atoms with E-state index >= 15 is 0 Å². The molecule has 2 rings (SSSR count). The Bertz CT molecular complexity index is 689. The van der Waals surface area contributed by atoms with E-state index in [1.54, 1.807) is 6.07 Å². The van der Waals surface area contributed by atoms with E-state index in [1.165, 1.54) is 6.20 Å². The molecule has 4 nitrogen and oxygen atoms in total. The van der Waals surface area contributed by atoms with Gasteiger partial charge in [0.1, 0.15) is 6.29 Å². The van der Waals surface area contributed by atoms with Crippen LogP contribution >= 0.6 is 23.2 Å². The number of hydrogen-bond donors (Lipinski definition) is 0. The maximum atomic E-state index is 11.4. The van der Waals surface area contributed by atoms with E-state index in [-0.39, 0.29) is 5.28 Å². The van der Waals surface area contributed by atoms with Crippen molar-refractivity contribution in [2.45, 2.75) is 26.4 Å². The first-order valence-corrected chi connectivity index (χ1v) is 7.64. The van der Waals surface area contributed by atoms with Gasteiger partial charge in [-0.05, 0) is 44.1 Å². The van der Waals surface area contributed by atoms with Crippen molar-refractivity contribution in [3.63, 3.8) is 0 Å². The van der Waals surface area contributed by atoms with E-state index in [4.69, 9.17) is 23.2 Å². The summed E-state index contributed by atoms with van der Waals surface area (Å²) in [5.74, 6) is 0. The number of aldehydes is 1. The zero-order chi connectivity index (χ0) is 16.3. The third-order valence-electron chi connectivity index (χ3n) is 3.56. The molecule has 0 aliphatic carbocycles. The van der Waals surface area contributed by atoms with Crippen LogP contribution in [-0.4, -0.2) is 34.2 Å². The summed E-state index contributed by atoms with van der Waals surface area (Å²) in [5.41, 5.74) is 2.85. The van der Waals surface area contributed by atoms with Gasteiger partial charge in [-0.2, -0.15) is 0 Å². The summed E-state index contributed by atoms with van der Waals surface area (Å²) in [4.78, 5) is 21.5. The fourth-order valence-corrected chi connectivity index (χ4v) is 2.33. The molecule has 0 bridgehead atoms. The first kappa shape index (κ1) is 16.9. The van der Waals surface area contributed by atoms with Crippen molar-refractivity contribution in [1.29, 1.82) is 0 Å². The molecule has 0 amide bonds. The zero-order valence-electron chi connectivity index (χ0n) is 12.7. The molecule has 0 saturated carbocycles. The number of rotatable bonds is 5. The first-order chi connectivity index (χ1) is 10.4. The molecule has 0 radical (unpaired) electrons. The first-order valence-electron chi connectivity index (χ1n) is 6.89. The molecule has 0 atom stereocenters. The molecule has 0 aliphatic rings. The number of halogens is 2. The van der Waals surface area contributed by atoms with E-state index in [1.807, 2.05) is 19.2 Å². The minimum absolute atomic E-state index is 0.121. The maximum absolute atomic E-state index is 11.4. The molecule has 1 heterocycles. The Morgan fingerprint density at radius 2 is 2.05 bits per heavy atom. The summed E-state index contributed by atoms with van der Waals surface area (Å²) in [6.07, 6.45) is 2.30. The van der Waals surface area contributed by atoms with Crippen molar-refractivity contribution in [2.24, 2.45) is 0 Å². The monoisotopic (exact) mass is 337 g/mol. The van der Waals surface area contributed by atoms with Crippen molar-refractivity contribution in [3.05, 3.63) is 45.8 Å². The minimum Gasteiger partial charge on any atom is -0.300 e. The molecule has 0 aliphatic heterocycles. The van der Waals surface area contributed by atoms with E-state index < -0.39 is 0 Å². The van der Waals surface area contributed by atoms with Crippen molar-refractivity contribution in [1.82, 2.24) is 14.9 Å². The molecule has 0 fully saturated rings. The van der Waals surface area contributed by atoms with Gasteiger partial charge in [-0.15, -0.1) is 0 Å². The lowest BCUT2D eigenvalue weighted by Gasteiger charge is -2.22. The van der Waals surface area contributed by atoms with Crippen LogP contribution in [-0.2, 0) is 6.54 Å². The van der Waals surface area contributed by atoms with Gasteiger partial charge in [0.05, 0.1) is 16.9 Å². The predicted molar refractivity (Wildman–Crippen MR) is 89.5 cm³/mol. The Kier molecular flexibility index (Phi) is 5.51. The molecule has 0 N–H and O–H groups in total. The van der Waals surface area contributed by atoms with Crippen LogP contribution in [0.15, 0.2) is 24.4 Å². The molecule has 1 aromatic carbocycles. The molecular weight excluding hydrogens is 321 g/mol. The topological polar surface area (TPSA) is 46.1 Å². The number of carbonyl (C=O) groups is 1. The molecule has 22 heavy (non-hydrogen) atoms. The van der Waals surface area contributed by atoms with E-state index in [0.717, 1.165) is 17.4 Å². The second-order valence-corrected chi connectivity index (χ2v) is 6.12. The van der Waals surface area contributed by atoms with Crippen LogP contribution in [0.25, 0.3) is 11.3 Å². The summed E-state index contributed by atoms with van der Waals surface area (Å²) < 4.78 is 0. The van der Waals surface area contributed by atoms with E-state index in [9.17, 15) is 4.79 Å². The summed E-state index contributed by atoms with van der Waals surface area (Å²) in [6, 6.07) is 5.99. The molecule has 0 spiro atoms. The summed E-state index contributed by atoms with van der Waals surface area (Å²) >= 11 is 11.9. The normalized spacial score (nSPS) is 11.2. The largest absolute Gasteiger partial charge is 0.300 e. The fourth-order valence-electron chi connectivity index (χ4n) is 2.00. The van der Waals surface area contributed by atoms with Gasteiger partial charge >= 0.3 is 0 Å². The highest BCUT2D eigenvalue weighted by molar-refractivity contribution is 6.33. The second kappa shape index (κ2) is 7.18. The standard InChI is InChI=1S/C16H17Cl2N3O/c1-10(2)21(3)8-12-5-4-11(6-13(12)9-22)15-14(17)7-19-16(18)20-15/h4-7,9-10H,8H2,1-3H3. The number of aromatic nitrogens is 2. The molecule has 1 aromatic heterocycles. The van der Waals surface area contributed by atoms with Crippen molar-refractivity contribution >= 4 is 29.5 Å². The highest BCUT2D eigenvalue weighted by Gasteiger charge is 2.12. The Hall–Kier alpha value is -1.49. The maximum Gasteiger partial charge on any atom is 0.222 e. The summed E-state index contributed by atoms with van der Waals surface area (Å²) in [5, 5.41) is 0.518. The molecular formula is C16H17Cl2N3O. The molecule has 0 saturated heterocycles. The van der Waals surface area contributed by atoms with Gasteiger partial charge in [0.2, 0.25) is 5.28 Å². The Labute approximate surface area is 140 Å². The van der Waals surface area contributed by atoms with Gasteiger partial charge in [-0.3, -0.25) is 9.69 Å². The van der Waals surface area contributed by atoms with Gasteiger partial charge in [0.15, 0.2) is 0 Å². The third kappa shape index (κ3) is 3.83. The van der Waals surface area contributed by atoms with E-state index in [0.29, 0.717) is 28.9 Å². The lowest BCUT2D eigenvalue weighted by atomic mass is 10.0. The Morgan fingerprint density at radius 1 is 1.32 bits per heavy atom. The van der Waals surface area contributed by atoms with Crippen LogP contribution in [0.1, 0.15) is 29.8 Å². The van der Waals surface area contributed by atoms with Crippen molar-refractivity contribution in [2.75, 3.05) is 7.05 Å². The number of carbonyl (C=O) groups excluding carboxylic acids is 1. The van der Waals surface area contributed by atoms with Crippen LogP contribution < -0.4 is 0 Å². The van der Waals surface area contributed by atoms with Crippen LogP contribution in [0, 0.1) is 0 Å². The second-order valence-electron chi connectivity index (χ2n) is 5.38.